The molecule has 0 atom stereocenters. The minimum atomic E-state index is -4.82. The Morgan fingerprint density at radius 2 is 1.68 bits per heavy atom. The molecule has 3 N–H and O–H groups in total. The van der Waals surface area contributed by atoms with Gasteiger partial charge in [0.15, 0.2) is 5.78 Å². The van der Waals surface area contributed by atoms with Crippen molar-refractivity contribution in [3.8, 4) is 28.4 Å². The highest BCUT2D eigenvalue weighted by atomic mass is 19.4. The van der Waals surface area contributed by atoms with Crippen LogP contribution in [-0.4, -0.2) is 34.1 Å². The number of ketones is 1. The number of benzene rings is 2. The second-order valence-electron chi connectivity index (χ2n) is 6.31. The Morgan fingerprint density at radius 1 is 1.04 bits per heavy atom. The molecule has 0 aliphatic rings. The smallest absolute Gasteiger partial charge is 0.507 e. The first-order valence-corrected chi connectivity index (χ1v) is 8.70. The van der Waals surface area contributed by atoms with E-state index in [1.807, 2.05) is 0 Å². The number of carbonyl (C=O) groups excluding carboxylic acids is 1. The number of hydrogen-bond donors (Lipinski definition) is 3. The van der Waals surface area contributed by atoms with Crippen LogP contribution in [0.4, 0.5) is 13.2 Å². The summed E-state index contributed by atoms with van der Waals surface area (Å²) in [5.74, 6) is -1.45. The summed E-state index contributed by atoms with van der Waals surface area (Å²) in [6, 6.07) is 5.95. The topological polar surface area (TPSA) is 87.0 Å². The molecule has 0 heterocycles. The molecule has 0 aliphatic carbocycles. The number of hydrogen-bond acceptors (Lipinski definition) is 5. The van der Waals surface area contributed by atoms with Crippen molar-refractivity contribution in [2.75, 3.05) is 6.61 Å². The molecule has 0 radical (unpaired) electrons. The average molecular weight is 398 g/mol. The molecule has 0 spiro atoms. The minimum absolute atomic E-state index is 0.0262. The van der Waals surface area contributed by atoms with Gasteiger partial charge in [-0.2, -0.15) is 0 Å². The van der Waals surface area contributed by atoms with E-state index >= 15 is 0 Å². The molecule has 0 saturated carbocycles. The first-order chi connectivity index (χ1) is 13.1. The Hall–Kier alpha value is -2.74. The highest BCUT2D eigenvalue weighted by Crippen LogP contribution is 2.41. The van der Waals surface area contributed by atoms with E-state index in [4.69, 9.17) is 5.11 Å². The number of rotatable bonds is 8. The fraction of sp³-hybridized carbons (Fsp3) is 0.350. The second kappa shape index (κ2) is 8.97. The van der Waals surface area contributed by atoms with Crippen LogP contribution in [0.3, 0.4) is 0 Å². The van der Waals surface area contributed by atoms with Gasteiger partial charge >= 0.3 is 6.36 Å². The molecule has 0 fully saturated rings. The highest BCUT2D eigenvalue weighted by Gasteiger charge is 2.31. The number of alkyl halides is 3. The summed E-state index contributed by atoms with van der Waals surface area (Å²) in [5.41, 5.74) is 1.12. The lowest BCUT2D eigenvalue weighted by Gasteiger charge is -2.17. The summed E-state index contributed by atoms with van der Waals surface area (Å²) in [4.78, 5) is 12.1. The van der Waals surface area contributed by atoms with Crippen LogP contribution >= 0.6 is 0 Å². The van der Waals surface area contributed by atoms with Crippen molar-refractivity contribution < 1.29 is 38.0 Å². The number of ether oxygens (including phenoxy) is 1. The monoisotopic (exact) mass is 398 g/mol. The van der Waals surface area contributed by atoms with E-state index in [2.05, 4.69) is 4.74 Å². The van der Waals surface area contributed by atoms with Crippen molar-refractivity contribution in [2.45, 2.75) is 39.0 Å². The van der Waals surface area contributed by atoms with E-state index in [0.717, 1.165) is 18.2 Å². The number of aromatic hydroxyl groups is 2. The summed E-state index contributed by atoms with van der Waals surface area (Å²) in [6.45, 7) is 1.31. The standard InChI is InChI=1S/C20H21F3O5/c1-12(25)18-15(5-3-2-4-10-24)19(17(27)11-16(18)26)13-6-8-14(9-7-13)28-20(21,22)23/h6-9,11,24,26-27H,2-5,10H2,1H3. The van der Waals surface area contributed by atoms with Crippen LogP contribution < -0.4 is 4.74 Å². The molecular formula is C20H21F3O5. The average Bonchev–Trinajstić information content (AvgIpc) is 2.58. The zero-order chi connectivity index (χ0) is 20.9. The van der Waals surface area contributed by atoms with Crippen molar-refractivity contribution in [1.29, 1.82) is 0 Å². The maximum Gasteiger partial charge on any atom is 0.573 e. The van der Waals surface area contributed by atoms with Crippen LogP contribution in [0.5, 0.6) is 17.2 Å². The molecule has 0 aromatic heterocycles. The van der Waals surface area contributed by atoms with Crippen molar-refractivity contribution in [3.05, 3.63) is 41.5 Å². The summed E-state index contributed by atoms with van der Waals surface area (Å²) in [6.07, 6.45) is -2.65. The van der Waals surface area contributed by atoms with E-state index in [-0.39, 0.29) is 29.2 Å². The molecular weight excluding hydrogens is 377 g/mol. The lowest BCUT2D eigenvalue weighted by atomic mass is 9.89. The fourth-order valence-electron chi connectivity index (χ4n) is 3.09. The SMILES string of the molecule is CC(=O)c1c(O)cc(O)c(-c2ccc(OC(F)(F)F)cc2)c1CCCCCO. The van der Waals surface area contributed by atoms with E-state index in [1.165, 1.54) is 19.1 Å². The van der Waals surface area contributed by atoms with Crippen molar-refractivity contribution in [1.82, 2.24) is 0 Å². The molecule has 0 aliphatic heterocycles. The van der Waals surface area contributed by atoms with Gasteiger partial charge in [0.1, 0.15) is 17.2 Å². The molecule has 0 bridgehead atoms. The van der Waals surface area contributed by atoms with Crippen LogP contribution in [0.25, 0.3) is 11.1 Å². The largest absolute Gasteiger partial charge is 0.573 e. The third-order valence-corrected chi connectivity index (χ3v) is 4.20. The van der Waals surface area contributed by atoms with Gasteiger partial charge in [0.25, 0.3) is 0 Å². The Morgan fingerprint density at radius 3 is 2.21 bits per heavy atom. The molecule has 8 heteroatoms. The molecule has 0 saturated heterocycles. The number of aliphatic hydroxyl groups is 1. The molecule has 2 aromatic rings. The van der Waals surface area contributed by atoms with Gasteiger partial charge in [-0.3, -0.25) is 4.79 Å². The summed E-state index contributed by atoms with van der Waals surface area (Å²) in [7, 11) is 0. The second-order valence-corrected chi connectivity index (χ2v) is 6.31. The van der Waals surface area contributed by atoms with Crippen LogP contribution in [-0.2, 0) is 6.42 Å². The van der Waals surface area contributed by atoms with Gasteiger partial charge in [0.2, 0.25) is 0 Å². The highest BCUT2D eigenvalue weighted by molar-refractivity contribution is 6.01. The molecule has 2 aromatic carbocycles. The van der Waals surface area contributed by atoms with Gasteiger partial charge in [-0.1, -0.05) is 18.6 Å². The maximum atomic E-state index is 12.3. The van der Waals surface area contributed by atoms with Gasteiger partial charge in [0, 0.05) is 18.2 Å². The number of unbranched alkanes of at least 4 members (excludes halogenated alkanes) is 2. The fourth-order valence-corrected chi connectivity index (χ4v) is 3.09. The van der Waals surface area contributed by atoms with E-state index in [9.17, 15) is 28.2 Å². The summed E-state index contributed by atoms with van der Waals surface area (Å²) < 4.78 is 40.9. The van der Waals surface area contributed by atoms with Gasteiger partial charge in [-0.25, -0.2) is 0 Å². The minimum Gasteiger partial charge on any atom is -0.507 e. The predicted molar refractivity (Wildman–Crippen MR) is 96.5 cm³/mol. The van der Waals surface area contributed by atoms with Gasteiger partial charge in [0.05, 0.1) is 5.56 Å². The molecule has 2 rings (SSSR count). The Bertz CT molecular complexity index is 829. The quantitative estimate of drug-likeness (QED) is 0.448. The Labute approximate surface area is 160 Å². The third kappa shape index (κ3) is 5.39. The van der Waals surface area contributed by atoms with Crippen molar-refractivity contribution in [2.24, 2.45) is 0 Å². The number of phenolic OH excluding ortho intramolecular Hbond substituents is 2. The first kappa shape index (κ1) is 21.6. The molecule has 0 unspecified atom stereocenters. The van der Waals surface area contributed by atoms with Crippen LogP contribution in [0.1, 0.15) is 42.1 Å². The molecule has 0 amide bonds. The number of Topliss-reactive ketones (excluding diaryl/α,β-unsaturated/α-hetero) is 1. The predicted octanol–water partition coefficient (Wildman–Crippen LogP) is 4.57. The number of carbonyl (C=O) groups is 1. The number of halogens is 3. The van der Waals surface area contributed by atoms with Crippen LogP contribution in [0.15, 0.2) is 30.3 Å². The molecule has 152 valence electrons. The maximum absolute atomic E-state index is 12.3. The zero-order valence-corrected chi connectivity index (χ0v) is 15.2. The van der Waals surface area contributed by atoms with Gasteiger partial charge in [-0.15, -0.1) is 13.2 Å². The van der Waals surface area contributed by atoms with E-state index < -0.39 is 17.9 Å². The lowest BCUT2D eigenvalue weighted by Crippen LogP contribution is -2.16. The lowest BCUT2D eigenvalue weighted by molar-refractivity contribution is -0.274. The normalized spacial score (nSPS) is 11.5. The summed E-state index contributed by atoms with van der Waals surface area (Å²) >= 11 is 0. The van der Waals surface area contributed by atoms with E-state index in [1.54, 1.807) is 0 Å². The van der Waals surface area contributed by atoms with Gasteiger partial charge in [-0.05, 0) is 49.4 Å². The zero-order valence-electron chi connectivity index (χ0n) is 15.2. The summed E-state index contributed by atoms with van der Waals surface area (Å²) in [5, 5.41) is 29.4. The number of phenols is 2. The molecule has 5 nitrogen and oxygen atoms in total. The Kier molecular flexibility index (Phi) is 6.90. The Balaban J connectivity index is 2.49. The van der Waals surface area contributed by atoms with Crippen molar-refractivity contribution >= 4 is 5.78 Å². The van der Waals surface area contributed by atoms with E-state index in [0.29, 0.717) is 36.8 Å². The van der Waals surface area contributed by atoms with Gasteiger partial charge < -0.3 is 20.1 Å². The number of aliphatic hydroxyl groups excluding tert-OH is 1. The molecule has 28 heavy (non-hydrogen) atoms. The van der Waals surface area contributed by atoms with Crippen LogP contribution in [0.2, 0.25) is 0 Å². The third-order valence-electron chi connectivity index (χ3n) is 4.20. The van der Waals surface area contributed by atoms with Crippen molar-refractivity contribution in [3.63, 3.8) is 0 Å². The van der Waals surface area contributed by atoms with Crippen LogP contribution in [0, 0.1) is 0 Å². The first-order valence-electron chi connectivity index (χ1n) is 8.70.